The summed E-state index contributed by atoms with van der Waals surface area (Å²) in [5.41, 5.74) is 0. The van der Waals surface area contributed by atoms with Gasteiger partial charge in [-0.2, -0.15) is 0 Å². The molecule has 2 heteroatoms. The Morgan fingerprint density at radius 2 is 2.00 bits per heavy atom. The van der Waals surface area contributed by atoms with Crippen molar-refractivity contribution in [2.75, 3.05) is 5.75 Å². The predicted octanol–water partition coefficient (Wildman–Crippen LogP) is 3.95. The van der Waals surface area contributed by atoms with E-state index in [1.807, 2.05) is 36.0 Å². The lowest BCUT2D eigenvalue weighted by Crippen LogP contribution is -2.02. The molecule has 0 spiro atoms. The van der Waals surface area contributed by atoms with Gasteiger partial charge in [-0.05, 0) is 37.1 Å². The zero-order chi connectivity index (χ0) is 11.6. The largest absolute Gasteiger partial charge is 0.303 e. The highest BCUT2D eigenvalue weighted by atomic mass is 32.2. The van der Waals surface area contributed by atoms with Crippen LogP contribution in [0.2, 0.25) is 0 Å². The van der Waals surface area contributed by atoms with Crippen LogP contribution in [0.5, 0.6) is 0 Å². The van der Waals surface area contributed by atoms with E-state index in [1.165, 1.54) is 4.90 Å². The third-order valence-electron chi connectivity index (χ3n) is 2.43. The van der Waals surface area contributed by atoms with Gasteiger partial charge >= 0.3 is 0 Å². The molecule has 0 N–H and O–H groups in total. The molecule has 0 bridgehead atoms. The first kappa shape index (κ1) is 13.0. The maximum atomic E-state index is 10.8. The minimum atomic E-state index is 0.189. The molecule has 0 aromatic heterocycles. The van der Waals surface area contributed by atoms with E-state index in [-0.39, 0.29) is 5.92 Å². The monoisotopic (exact) mass is 234 g/mol. The minimum Gasteiger partial charge on any atom is -0.303 e. The van der Waals surface area contributed by atoms with E-state index in [2.05, 4.69) is 18.7 Å². The van der Waals surface area contributed by atoms with Crippen molar-refractivity contribution in [1.29, 1.82) is 0 Å². The third-order valence-corrected chi connectivity index (χ3v) is 3.48. The van der Waals surface area contributed by atoms with Gasteiger partial charge in [0.2, 0.25) is 0 Å². The molecule has 1 atom stereocenters. The highest BCUT2D eigenvalue weighted by Crippen LogP contribution is 2.20. The minimum absolute atomic E-state index is 0.189. The molecule has 1 nitrogen and oxygen atoms in total. The van der Waals surface area contributed by atoms with Gasteiger partial charge in [-0.3, -0.25) is 0 Å². The average Bonchev–Trinajstić information content (AvgIpc) is 2.35. The Kier molecular flexibility index (Phi) is 6.66. The number of rotatable bonds is 8. The highest BCUT2D eigenvalue weighted by Gasteiger charge is 2.06. The molecule has 1 aromatic rings. The van der Waals surface area contributed by atoms with Gasteiger partial charge in [-0.15, -0.1) is 18.3 Å². The Bertz CT molecular complexity index is 308. The van der Waals surface area contributed by atoms with Crippen LogP contribution in [0.1, 0.15) is 19.3 Å². The lowest BCUT2D eigenvalue weighted by Gasteiger charge is -2.08. The number of hydrogen-bond acceptors (Lipinski definition) is 2. The Hall–Kier alpha value is -1.02. The Morgan fingerprint density at radius 3 is 2.62 bits per heavy atom. The number of thioether (sulfide) groups is 1. The summed E-state index contributed by atoms with van der Waals surface area (Å²) in [5.74, 6) is 1.19. The van der Waals surface area contributed by atoms with Crippen molar-refractivity contribution in [2.45, 2.75) is 24.2 Å². The third kappa shape index (κ3) is 5.17. The average molecular weight is 234 g/mol. The smallest absolute Gasteiger partial charge is 0.123 e. The van der Waals surface area contributed by atoms with Crippen LogP contribution in [-0.4, -0.2) is 12.0 Å². The Balaban J connectivity index is 2.23. The van der Waals surface area contributed by atoms with Gasteiger partial charge in [-0.25, -0.2) is 0 Å². The number of hydrogen-bond donors (Lipinski definition) is 0. The summed E-state index contributed by atoms with van der Waals surface area (Å²) in [6.07, 6.45) is 5.77. The van der Waals surface area contributed by atoms with E-state index < -0.39 is 0 Å². The number of carbonyl (C=O) groups is 1. The fraction of sp³-hybridized carbons (Fsp3) is 0.357. The molecule has 0 heterocycles. The summed E-state index contributed by atoms with van der Waals surface area (Å²) >= 11 is 1.81. The van der Waals surface area contributed by atoms with Crippen LogP contribution in [0.4, 0.5) is 0 Å². The van der Waals surface area contributed by atoms with Crippen molar-refractivity contribution < 1.29 is 4.79 Å². The fourth-order valence-electron chi connectivity index (χ4n) is 1.46. The molecule has 0 amide bonds. The second-order valence-corrected chi connectivity index (χ2v) is 4.88. The van der Waals surface area contributed by atoms with E-state index in [1.54, 1.807) is 0 Å². The van der Waals surface area contributed by atoms with Crippen LogP contribution < -0.4 is 0 Å². The first-order chi connectivity index (χ1) is 7.86. The molecule has 1 rings (SSSR count). The number of carbonyl (C=O) groups excluding carboxylic acids is 1. The maximum Gasteiger partial charge on any atom is 0.123 e. The van der Waals surface area contributed by atoms with Gasteiger partial charge in [0.15, 0.2) is 0 Å². The zero-order valence-electron chi connectivity index (χ0n) is 9.47. The topological polar surface area (TPSA) is 17.1 Å². The summed E-state index contributed by atoms with van der Waals surface area (Å²) in [4.78, 5) is 12.1. The van der Waals surface area contributed by atoms with Crippen LogP contribution >= 0.6 is 11.8 Å². The van der Waals surface area contributed by atoms with Crippen molar-refractivity contribution >= 4 is 18.0 Å². The van der Waals surface area contributed by atoms with Gasteiger partial charge < -0.3 is 4.79 Å². The van der Waals surface area contributed by atoms with Crippen molar-refractivity contribution in [1.82, 2.24) is 0 Å². The summed E-state index contributed by atoms with van der Waals surface area (Å²) in [6.45, 7) is 3.67. The maximum absolute atomic E-state index is 10.8. The summed E-state index contributed by atoms with van der Waals surface area (Å²) in [5, 5.41) is 0. The van der Waals surface area contributed by atoms with Gasteiger partial charge in [-0.1, -0.05) is 24.3 Å². The number of benzene rings is 1. The molecule has 0 radical (unpaired) electrons. The van der Waals surface area contributed by atoms with Crippen molar-refractivity contribution in [3.63, 3.8) is 0 Å². The molecule has 0 saturated carbocycles. The molecular formula is C14H18OS. The van der Waals surface area contributed by atoms with Crippen molar-refractivity contribution in [2.24, 2.45) is 5.92 Å². The Morgan fingerprint density at radius 1 is 1.25 bits per heavy atom. The van der Waals surface area contributed by atoms with E-state index in [9.17, 15) is 4.79 Å². The van der Waals surface area contributed by atoms with Gasteiger partial charge in [0, 0.05) is 10.8 Å². The van der Waals surface area contributed by atoms with Gasteiger partial charge in [0.1, 0.15) is 6.29 Å². The standard InChI is InChI=1S/C14H18OS/c1-2-3-7-13(12-15)10-11-16-14-8-5-4-6-9-14/h2,4-6,8-9,12-13H,1,3,7,10-11H2. The molecule has 0 aliphatic rings. The molecule has 0 aliphatic carbocycles. The predicted molar refractivity (Wildman–Crippen MR) is 70.8 cm³/mol. The lowest BCUT2D eigenvalue weighted by molar-refractivity contribution is -0.111. The number of aldehydes is 1. The van der Waals surface area contributed by atoms with E-state index in [0.29, 0.717) is 0 Å². The summed E-state index contributed by atoms with van der Waals surface area (Å²) in [6, 6.07) is 10.3. The normalized spacial score (nSPS) is 12.0. The van der Waals surface area contributed by atoms with Crippen LogP contribution in [-0.2, 0) is 4.79 Å². The Labute approximate surface area is 102 Å². The molecular weight excluding hydrogens is 216 g/mol. The first-order valence-corrected chi connectivity index (χ1v) is 6.59. The lowest BCUT2D eigenvalue weighted by atomic mass is 10.0. The number of allylic oxidation sites excluding steroid dienone is 1. The van der Waals surface area contributed by atoms with Crippen LogP contribution in [0.3, 0.4) is 0 Å². The zero-order valence-corrected chi connectivity index (χ0v) is 10.3. The summed E-state index contributed by atoms with van der Waals surface area (Å²) < 4.78 is 0. The molecule has 1 aromatic carbocycles. The van der Waals surface area contributed by atoms with Crippen molar-refractivity contribution in [3.05, 3.63) is 43.0 Å². The van der Waals surface area contributed by atoms with Gasteiger partial charge in [0.05, 0.1) is 0 Å². The van der Waals surface area contributed by atoms with Crippen LogP contribution in [0.15, 0.2) is 47.9 Å². The van der Waals surface area contributed by atoms with Crippen LogP contribution in [0.25, 0.3) is 0 Å². The molecule has 1 unspecified atom stereocenters. The SMILES string of the molecule is C=CCCC(C=O)CCSc1ccccc1. The molecule has 0 fully saturated rings. The molecule has 0 saturated heterocycles. The van der Waals surface area contributed by atoms with E-state index in [0.717, 1.165) is 31.3 Å². The highest BCUT2D eigenvalue weighted by molar-refractivity contribution is 7.99. The van der Waals surface area contributed by atoms with Gasteiger partial charge in [0.25, 0.3) is 0 Å². The molecule has 0 aliphatic heterocycles. The molecule has 16 heavy (non-hydrogen) atoms. The molecule has 86 valence electrons. The first-order valence-electron chi connectivity index (χ1n) is 5.61. The van der Waals surface area contributed by atoms with E-state index in [4.69, 9.17) is 0 Å². The fourth-order valence-corrected chi connectivity index (χ4v) is 2.46. The van der Waals surface area contributed by atoms with Crippen LogP contribution in [0, 0.1) is 5.92 Å². The second kappa shape index (κ2) is 8.17. The second-order valence-electron chi connectivity index (χ2n) is 3.71. The van der Waals surface area contributed by atoms with E-state index >= 15 is 0 Å². The summed E-state index contributed by atoms with van der Waals surface area (Å²) in [7, 11) is 0. The quantitative estimate of drug-likeness (QED) is 0.385. The van der Waals surface area contributed by atoms with Crippen molar-refractivity contribution in [3.8, 4) is 0 Å².